The van der Waals surface area contributed by atoms with Crippen LogP contribution in [-0.4, -0.2) is 47.3 Å². The van der Waals surface area contributed by atoms with Crippen molar-refractivity contribution in [3.63, 3.8) is 0 Å². The molecule has 5 nitrogen and oxygen atoms in total. The first-order valence-corrected chi connectivity index (χ1v) is 14.1. The van der Waals surface area contributed by atoms with Crippen LogP contribution in [-0.2, 0) is 11.3 Å². The molecular formula is C29H30ClF2N3O2S. The van der Waals surface area contributed by atoms with E-state index in [1.807, 2.05) is 42.3 Å². The summed E-state index contributed by atoms with van der Waals surface area (Å²) < 4.78 is 34.9. The van der Waals surface area contributed by atoms with Gasteiger partial charge < -0.3 is 15.0 Å². The van der Waals surface area contributed by atoms with Gasteiger partial charge >= 0.3 is 0 Å². The van der Waals surface area contributed by atoms with E-state index in [0.717, 1.165) is 66.3 Å². The number of rotatable bonds is 7. The normalized spacial score (nSPS) is 22.7. The van der Waals surface area contributed by atoms with Gasteiger partial charge in [-0.2, -0.15) is 0 Å². The minimum atomic E-state index is -0.960. The molecule has 1 aliphatic heterocycles. The number of fused-ring (bicyclic) bond motifs is 1. The van der Waals surface area contributed by atoms with Crippen LogP contribution in [0.4, 0.5) is 8.78 Å². The van der Waals surface area contributed by atoms with Crippen LogP contribution in [0.5, 0.6) is 5.75 Å². The summed E-state index contributed by atoms with van der Waals surface area (Å²) >= 11 is 7.68. The summed E-state index contributed by atoms with van der Waals surface area (Å²) in [5.74, 6) is -0.691. The number of methoxy groups -OCH3 is 1. The van der Waals surface area contributed by atoms with Crippen molar-refractivity contribution >= 4 is 29.3 Å². The number of thioether (sulfide) groups is 1. The fourth-order valence-electron chi connectivity index (χ4n) is 5.46. The number of aromatic nitrogens is 1. The molecule has 2 atom stereocenters. The van der Waals surface area contributed by atoms with Crippen molar-refractivity contribution < 1.29 is 18.3 Å². The molecule has 3 aromatic rings. The first-order valence-electron chi connectivity index (χ1n) is 12.7. The second-order valence-electron chi connectivity index (χ2n) is 9.74. The van der Waals surface area contributed by atoms with E-state index in [2.05, 4.69) is 10.3 Å². The first-order chi connectivity index (χ1) is 18.4. The summed E-state index contributed by atoms with van der Waals surface area (Å²) in [7, 11) is 3.56. The van der Waals surface area contributed by atoms with Gasteiger partial charge in [0.25, 0.3) is 0 Å². The molecule has 2 aromatic carbocycles. The fourth-order valence-corrected chi connectivity index (χ4v) is 7.28. The van der Waals surface area contributed by atoms with E-state index in [-0.39, 0.29) is 22.4 Å². The van der Waals surface area contributed by atoms with Crippen molar-refractivity contribution in [3.05, 3.63) is 77.6 Å². The third kappa shape index (κ3) is 5.26. The number of nitrogens with zero attached hydrogens (tertiary/aromatic N) is 2. The smallest absolute Gasteiger partial charge is 0.238 e. The Morgan fingerprint density at radius 2 is 1.89 bits per heavy atom. The van der Waals surface area contributed by atoms with Gasteiger partial charge in [0.2, 0.25) is 5.91 Å². The number of alkyl halides is 1. The second-order valence-corrected chi connectivity index (χ2v) is 11.4. The molecule has 200 valence electrons. The zero-order valence-electron chi connectivity index (χ0n) is 21.3. The molecule has 1 aliphatic carbocycles. The topological polar surface area (TPSA) is 54.5 Å². The summed E-state index contributed by atoms with van der Waals surface area (Å²) in [6.45, 7) is 0.299. The Morgan fingerprint density at radius 3 is 2.55 bits per heavy atom. The minimum Gasteiger partial charge on any atom is -0.496 e. The van der Waals surface area contributed by atoms with Gasteiger partial charge in [0.1, 0.15) is 22.6 Å². The van der Waals surface area contributed by atoms with E-state index in [4.69, 9.17) is 16.3 Å². The monoisotopic (exact) mass is 557 g/mol. The van der Waals surface area contributed by atoms with Gasteiger partial charge in [-0.25, -0.2) is 8.78 Å². The molecule has 1 N–H and O–H groups in total. The summed E-state index contributed by atoms with van der Waals surface area (Å²) in [5, 5.41) is 1.55. The van der Waals surface area contributed by atoms with Crippen molar-refractivity contribution in [2.75, 3.05) is 14.2 Å². The molecule has 1 saturated carbocycles. The van der Waals surface area contributed by atoms with Crippen LogP contribution in [0.25, 0.3) is 11.1 Å². The van der Waals surface area contributed by atoms with E-state index < -0.39 is 22.3 Å². The van der Waals surface area contributed by atoms with E-state index in [1.54, 1.807) is 19.5 Å². The quantitative estimate of drug-likeness (QED) is 0.343. The highest BCUT2D eigenvalue weighted by atomic mass is 35.5. The van der Waals surface area contributed by atoms with Gasteiger partial charge in [-0.1, -0.05) is 12.1 Å². The Labute approximate surface area is 230 Å². The molecule has 0 saturated heterocycles. The molecule has 5 rings (SSSR count). The molecule has 9 heteroatoms. The number of carbonyl (C=O) groups is 1. The molecule has 0 radical (unpaired) electrons. The lowest BCUT2D eigenvalue weighted by Crippen LogP contribution is -2.47. The maximum Gasteiger partial charge on any atom is 0.238 e. The Balaban J connectivity index is 1.49. The maximum atomic E-state index is 14.6. The average Bonchev–Trinajstić information content (AvgIpc) is 3.32. The maximum absolute atomic E-state index is 14.6. The lowest BCUT2D eigenvalue weighted by Gasteiger charge is -2.38. The van der Waals surface area contributed by atoms with Crippen LogP contribution in [0.3, 0.4) is 0 Å². The molecule has 1 amide bonds. The Morgan fingerprint density at radius 1 is 1.13 bits per heavy atom. The molecule has 2 heterocycles. The first kappa shape index (κ1) is 26.9. The van der Waals surface area contributed by atoms with E-state index in [9.17, 15) is 13.6 Å². The third-order valence-electron chi connectivity index (χ3n) is 7.57. The zero-order valence-corrected chi connectivity index (χ0v) is 22.9. The van der Waals surface area contributed by atoms with Crippen LogP contribution in [0.1, 0.15) is 42.2 Å². The number of hydrogen-bond donors (Lipinski definition) is 1. The molecule has 0 spiro atoms. The minimum absolute atomic E-state index is 0.0262. The predicted molar refractivity (Wildman–Crippen MR) is 146 cm³/mol. The van der Waals surface area contributed by atoms with E-state index in [1.165, 1.54) is 0 Å². The summed E-state index contributed by atoms with van der Waals surface area (Å²) in [6, 6.07) is 12.3. The van der Waals surface area contributed by atoms with Gasteiger partial charge in [0.05, 0.1) is 17.4 Å². The van der Waals surface area contributed by atoms with Crippen molar-refractivity contribution in [2.45, 2.75) is 59.8 Å². The van der Waals surface area contributed by atoms with E-state index in [0.29, 0.717) is 18.3 Å². The standard InChI is InChI=1S/C29H30ClF2N3O2S/c1-33-20-6-8-21(9-7-20)35(29(36)28-26(30)25-22(31)10-11-23(32)27(25)38-28)16-19-14-17(5-12-24(19)37-2)18-4-3-13-34-15-18/h3-5,10-15,20-21,26,28,33H,6-9,16H2,1-2H3/t20-,21+,26?,28?. The van der Waals surface area contributed by atoms with Gasteiger partial charge in [0.15, 0.2) is 0 Å². The fraction of sp³-hybridized carbons (Fsp3) is 0.379. The number of ether oxygens (including phenoxy) is 1. The van der Waals surface area contributed by atoms with Crippen LogP contribution in [0.15, 0.2) is 59.8 Å². The Hall–Kier alpha value is -2.68. The molecular weight excluding hydrogens is 528 g/mol. The van der Waals surface area contributed by atoms with Gasteiger partial charge in [-0.3, -0.25) is 9.78 Å². The highest BCUT2D eigenvalue weighted by Crippen LogP contribution is 2.51. The third-order valence-corrected chi connectivity index (χ3v) is 9.57. The zero-order chi connectivity index (χ0) is 26.8. The molecule has 1 fully saturated rings. The average molecular weight is 558 g/mol. The number of benzene rings is 2. The van der Waals surface area contributed by atoms with Crippen molar-refractivity contribution in [1.29, 1.82) is 0 Å². The molecule has 1 aromatic heterocycles. The Bertz CT molecular complexity index is 1300. The number of hydrogen-bond acceptors (Lipinski definition) is 5. The molecule has 38 heavy (non-hydrogen) atoms. The highest BCUT2D eigenvalue weighted by molar-refractivity contribution is 8.01. The van der Waals surface area contributed by atoms with E-state index >= 15 is 0 Å². The molecule has 2 unspecified atom stereocenters. The van der Waals surface area contributed by atoms with Gasteiger partial charge in [-0.15, -0.1) is 23.4 Å². The van der Waals surface area contributed by atoms with Gasteiger partial charge in [0, 0.05) is 47.7 Å². The van der Waals surface area contributed by atoms with Crippen molar-refractivity contribution in [2.24, 2.45) is 0 Å². The van der Waals surface area contributed by atoms with Crippen LogP contribution in [0.2, 0.25) is 0 Å². The number of carbonyl (C=O) groups excluding carboxylic acids is 1. The number of nitrogens with one attached hydrogen (secondary N) is 1. The van der Waals surface area contributed by atoms with Crippen molar-refractivity contribution in [1.82, 2.24) is 15.2 Å². The lowest BCUT2D eigenvalue weighted by molar-refractivity contribution is -0.134. The lowest BCUT2D eigenvalue weighted by atomic mass is 9.89. The predicted octanol–water partition coefficient (Wildman–Crippen LogP) is 6.35. The second kappa shape index (κ2) is 11.6. The van der Waals surface area contributed by atoms with Gasteiger partial charge in [-0.05, 0) is 68.6 Å². The summed E-state index contributed by atoms with van der Waals surface area (Å²) in [4.78, 5) is 20.4. The number of halogens is 3. The number of pyridine rings is 1. The molecule has 2 aliphatic rings. The Kier molecular flexibility index (Phi) is 8.21. The largest absolute Gasteiger partial charge is 0.496 e. The molecule has 0 bridgehead atoms. The summed E-state index contributed by atoms with van der Waals surface area (Å²) in [5.41, 5.74) is 2.84. The SMILES string of the molecule is CN[C@H]1CC[C@@H](N(Cc2cc(-c3cccnc3)ccc2OC)C(=O)C2Sc3c(F)ccc(F)c3C2Cl)CC1. The summed E-state index contributed by atoms with van der Waals surface area (Å²) in [6.07, 6.45) is 7.03. The highest BCUT2D eigenvalue weighted by Gasteiger charge is 2.44. The number of amides is 1. The van der Waals surface area contributed by atoms with Crippen molar-refractivity contribution in [3.8, 4) is 16.9 Å². The van der Waals surface area contributed by atoms with Crippen LogP contribution < -0.4 is 10.1 Å². The van der Waals surface area contributed by atoms with Crippen LogP contribution in [0, 0.1) is 11.6 Å². The van der Waals surface area contributed by atoms with Crippen LogP contribution >= 0.6 is 23.4 Å².